The summed E-state index contributed by atoms with van der Waals surface area (Å²) in [6, 6.07) is 18.8. The molecule has 1 saturated heterocycles. The lowest BCUT2D eigenvalue weighted by molar-refractivity contribution is -0.143. The van der Waals surface area contributed by atoms with E-state index in [-0.39, 0.29) is 50.0 Å². The first kappa shape index (κ1) is 25.4. The second kappa shape index (κ2) is 12.4. The first-order valence-corrected chi connectivity index (χ1v) is 12.1. The third kappa shape index (κ3) is 7.42. The molecular formula is C28H31FN2O5. The number of carbonyl (C=O) groups excluding carboxylic acids is 2. The van der Waals surface area contributed by atoms with Crippen LogP contribution in [0.5, 0.6) is 5.75 Å². The molecule has 1 aromatic heterocycles. The predicted octanol–water partition coefficient (Wildman–Crippen LogP) is 4.34. The summed E-state index contributed by atoms with van der Waals surface area (Å²) in [4.78, 5) is 29.8. The van der Waals surface area contributed by atoms with Crippen molar-refractivity contribution in [2.24, 2.45) is 0 Å². The van der Waals surface area contributed by atoms with Crippen molar-refractivity contribution in [2.45, 2.75) is 39.0 Å². The Labute approximate surface area is 210 Å². The molecule has 0 spiro atoms. The van der Waals surface area contributed by atoms with Crippen LogP contribution >= 0.6 is 0 Å². The summed E-state index contributed by atoms with van der Waals surface area (Å²) >= 11 is 0. The topological polar surface area (TPSA) is 72.2 Å². The molecule has 2 heterocycles. The van der Waals surface area contributed by atoms with E-state index in [0.29, 0.717) is 24.7 Å². The largest absolute Gasteiger partial charge is 0.484 e. The van der Waals surface area contributed by atoms with Crippen molar-refractivity contribution in [2.75, 3.05) is 26.3 Å². The monoisotopic (exact) mass is 494 g/mol. The number of halogens is 1. The highest BCUT2D eigenvalue weighted by molar-refractivity contribution is 5.85. The number of hydrogen-bond acceptors (Lipinski definition) is 5. The highest BCUT2D eigenvalue weighted by Crippen LogP contribution is 2.17. The van der Waals surface area contributed by atoms with E-state index in [4.69, 9.17) is 13.9 Å². The van der Waals surface area contributed by atoms with Gasteiger partial charge in [0, 0.05) is 19.7 Å². The average Bonchev–Trinajstić information content (AvgIpc) is 3.55. The summed E-state index contributed by atoms with van der Waals surface area (Å²) in [6.07, 6.45) is 1.65. The number of aryl methyl sites for hydroxylation is 1. The number of hydrogen-bond donors (Lipinski definition) is 0. The van der Waals surface area contributed by atoms with Crippen LogP contribution in [-0.2, 0) is 27.4 Å². The number of rotatable bonds is 11. The van der Waals surface area contributed by atoms with Crippen molar-refractivity contribution < 1.29 is 27.9 Å². The highest BCUT2D eigenvalue weighted by Gasteiger charge is 2.27. The minimum absolute atomic E-state index is 0.114. The molecule has 8 heteroatoms. The van der Waals surface area contributed by atoms with Gasteiger partial charge in [0.05, 0.1) is 19.2 Å². The van der Waals surface area contributed by atoms with Gasteiger partial charge in [-0.1, -0.05) is 30.3 Å². The van der Waals surface area contributed by atoms with Crippen LogP contribution in [0.15, 0.2) is 71.1 Å². The molecule has 1 aliphatic rings. The zero-order valence-corrected chi connectivity index (χ0v) is 20.4. The predicted molar refractivity (Wildman–Crippen MR) is 132 cm³/mol. The normalized spacial score (nSPS) is 15.0. The van der Waals surface area contributed by atoms with Crippen LogP contribution in [-0.4, -0.2) is 54.0 Å². The molecule has 1 fully saturated rings. The van der Waals surface area contributed by atoms with E-state index >= 15 is 0 Å². The molecule has 0 saturated carbocycles. The fourth-order valence-corrected chi connectivity index (χ4v) is 4.11. The van der Waals surface area contributed by atoms with Crippen molar-refractivity contribution in [1.29, 1.82) is 0 Å². The number of carbonyl (C=O) groups is 2. The molecule has 2 amide bonds. The molecule has 3 aromatic rings. The number of para-hydroxylation sites is 1. The summed E-state index contributed by atoms with van der Waals surface area (Å²) in [5.41, 5.74) is 0.775. The average molecular weight is 495 g/mol. The Morgan fingerprint density at radius 1 is 0.972 bits per heavy atom. The molecule has 1 unspecified atom stereocenters. The molecule has 0 N–H and O–H groups in total. The molecular weight excluding hydrogens is 463 g/mol. The fraction of sp³-hybridized carbons (Fsp3) is 0.357. The number of furan rings is 1. The molecule has 190 valence electrons. The zero-order valence-electron chi connectivity index (χ0n) is 20.4. The highest BCUT2D eigenvalue weighted by atomic mass is 19.1. The standard InChI is InChI=1S/C28H31FN2O5/c1-21-9-14-26(36-21)18-30(16-22-10-12-23(29)13-11-22)27(32)19-31(17-25-8-5-15-34-25)28(33)20-35-24-6-3-2-4-7-24/h2-4,6-7,9-14,25H,5,8,15-20H2,1H3. The van der Waals surface area contributed by atoms with Crippen LogP contribution in [0.4, 0.5) is 4.39 Å². The summed E-state index contributed by atoms with van der Waals surface area (Å²) in [5, 5.41) is 0. The third-order valence-electron chi connectivity index (χ3n) is 6.01. The number of amides is 2. The first-order chi connectivity index (χ1) is 17.5. The maximum absolute atomic E-state index is 13.5. The van der Waals surface area contributed by atoms with Crippen LogP contribution in [0.25, 0.3) is 0 Å². The Morgan fingerprint density at radius 2 is 1.75 bits per heavy atom. The Balaban J connectivity index is 1.48. The van der Waals surface area contributed by atoms with E-state index in [1.807, 2.05) is 37.3 Å². The summed E-state index contributed by atoms with van der Waals surface area (Å²) in [6.45, 7) is 2.97. The van der Waals surface area contributed by atoms with Gasteiger partial charge in [0.25, 0.3) is 5.91 Å². The van der Waals surface area contributed by atoms with Crippen molar-refractivity contribution in [3.8, 4) is 5.75 Å². The lowest BCUT2D eigenvalue weighted by Gasteiger charge is -2.29. The number of nitrogens with zero attached hydrogens (tertiary/aromatic N) is 2. The van der Waals surface area contributed by atoms with Crippen LogP contribution < -0.4 is 4.74 Å². The van der Waals surface area contributed by atoms with Gasteiger partial charge in [-0.2, -0.15) is 0 Å². The molecule has 4 rings (SSSR count). The Bertz CT molecular complexity index is 1130. The van der Waals surface area contributed by atoms with E-state index < -0.39 is 0 Å². The summed E-state index contributed by atoms with van der Waals surface area (Å²) in [7, 11) is 0. The lowest BCUT2D eigenvalue weighted by Crippen LogP contribution is -2.46. The van der Waals surface area contributed by atoms with Gasteiger partial charge in [-0.15, -0.1) is 0 Å². The van der Waals surface area contributed by atoms with Crippen molar-refractivity contribution in [3.63, 3.8) is 0 Å². The van der Waals surface area contributed by atoms with Crippen LogP contribution in [0.3, 0.4) is 0 Å². The fourth-order valence-electron chi connectivity index (χ4n) is 4.11. The van der Waals surface area contributed by atoms with E-state index in [2.05, 4.69) is 0 Å². The van der Waals surface area contributed by atoms with Crippen LogP contribution in [0, 0.1) is 12.7 Å². The van der Waals surface area contributed by atoms with E-state index in [1.165, 1.54) is 17.0 Å². The Morgan fingerprint density at radius 3 is 2.42 bits per heavy atom. The Hall–Kier alpha value is -3.65. The summed E-state index contributed by atoms with van der Waals surface area (Å²) < 4.78 is 30.5. The SMILES string of the molecule is Cc1ccc(CN(Cc2ccc(F)cc2)C(=O)CN(CC2CCCO2)C(=O)COc2ccccc2)o1. The molecule has 7 nitrogen and oxygen atoms in total. The Kier molecular flexibility index (Phi) is 8.73. The zero-order chi connectivity index (χ0) is 25.3. The summed E-state index contributed by atoms with van der Waals surface area (Å²) in [5.74, 6) is 1.07. The van der Waals surface area contributed by atoms with Gasteiger partial charge >= 0.3 is 0 Å². The molecule has 0 aliphatic carbocycles. The van der Waals surface area contributed by atoms with Gasteiger partial charge in [-0.05, 0) is 61.7 Å². The van der Waals surface area contributed by atoms with E-state index in [0.717, 1.165) is 24.2 Å². The van der Waals surface area contributed by atoms with Gasteiger partial charge in [-0.3, -0.25) is 9.59 Å². The minimum atomic E-state index is -0.343. The lowest BCUT2D eigenvalue weighted by atomic mass is 10.2. The molecule has 1 atom stereocenters. The van der Waals surface area contributed by atoms with Gasteiger partial charge < -0.3 is 23.7 Å². The van der Waals surface area contributed by atoms with Crippen LogP contribution in [0.1, 0.15) is 29.9 Å². The van der Waals surface area contributed by atoms with Crippen molar-refractivity contribution in [3.05, 3.63) is 89.6 Å². The maximum Gasteiger partial charge on any atom is 0.261 e. The second-order valence-corrected chi connectivity index (χ2v) is 8.90. The van der Waals surface area contributed by atoms with Gasteiger partial charge in [-0.25, -0.2) is 4.39 Å². The molecule has 0 bridgehead atoms. The quantitative estimate of drug-likeness (QED) is 0.397. The number of ether oxygens (including phenoxy) is 2. The maximum atomic E-state index is 13.5. The molecule has 36 heavy (non-hydrogen) atoms. The van der Waals surface area contributed by atoms with Gasteiger partial charge in [0.15, 0.2) is 6.61 Å². The second-order valence-electron chi connectivity index (χ2n) is 8.90. The van der Waals surface area contributed by atoms with Gasteiger partial charge in [0.1, 0.15) is 23.1 Å². The smallest absolute Gasteiger partial charge is 0.261 e. The van der Waals surface area contributed by atoms with Crippen molar-refractivity contribution >= 4 is 11.8 Å². The number of benzene rings is 2. The van der Waals surface area contributed by atoms with Gasteiger partial charge in [0.2, 0.25) is 5.91 Å². The van der Waals surface area contributed by atoms with E-state index in [1.54, 1.807) is 29.2 Å². The van der Waals surface area contributed by atoms with Crippen LogP contribution in [0.2, 0.25) is 0 Å². The first-order valence-electron chi connectivity index (χ1n) is 12.1. The molecule has 1 aliphatic heterocycles. The minimum Gasteiger partial charge on any atom is -0.484 e. The third-order valence-corrected chi connectivity index (χ3v) is 6.01. The van der Waals surface area contributed by atoms with Crippen molar-refractivity contribution in [1.82, 2.24) is 9.80 Å². The molecule has 2 aromatic carbocycles. The van der Waals surface area contributed by atoms with E-state index in [9.17, 15) is 14.0 Å². The molecule has 0 radical (unpaired) electrons.